The van der Waals surface area contributed by atoms with Crippen LogP contribution in [0.15, 0.2) is 4.52 Å². The lowest BCUT2D eigenvalue weighted by atomic mass is 9.78. The summed E-state index contributed by atoms with van der Waals surface area (Å²) in [6, 6.07) is -0.128. The van der Waals surface area contributed by atoms with E-state index in [4.69, 9.17) is 19.7 Å². The van der Waals surface area contributed by atoms with Gasteiger partial charge in [0.15, 0.2) is 0 Å². The zero-order chi connectivity index (χ0) is 14.6. The molecule has 1 aliphatic carbocycles. The third kappa shape index (κ3) is 3.37. The molecule has 114 valence electrons. The fraction of sp³-hybridized carbons (Fsp3) is 0.857. The molecule has 2 N–H and O–H groups in total. The van der Waals surface area contributed by atoms with E-state index in [1.807, 2.05) is 0 Å². The van der Waals surface area contributed by atoms with E-state index in [2.05, 4.69) is 17.1 Å². The highest BCUT2D eigenvalue weighted by molar-refractivity contribution is 5.04. The quantitative estimate of drug-likeness (QED) is 0.854. The number of hydrogen-bond donors (Lipinski definition) is 1. The first-order valence-corrected chi connectivity index (χ1v) is 7.22. The normalized spacial score (nSPS) is 28.5. The molecule has 2 rings (SSSR count). The van der Waals surface area contributed by atoms with Gasteiger partial charge in [0, 0.05) is 26.7 Å². The highest BCUT2D eigenvalue weighted by Gasteiger charge is 2.40. The minimum Gasteiger partial charge on any atom is -0.383 e. The highest BCUT2D eigenvalue weighted by atomic mass is 16.5. The zero-order valence-electron chi connectivity index (χ0n) is 12.6. The second kappa shape index (κ2) is 6.65. The molecule has 1 aromatic heterocycles. The molecule has 6 nitrogen and oxygen atoms in total. The predicted octanol–water partition coefficient (Wildman–Crippen LogP) is 1.64. The monoisotopic (exact) mass is 283 g/mol. The molecule has 1 heterocycles. The molecule has 20 heavy (non-hydrogen) atoms. The van der Waals surface area contributed by atoms with Crippen LogP contribution in [0.3, 0.4) is 0 Å². The molecular formula is C14H25N3O3. The van der Waals surface area contributed by atoms with E-state index in [0.717, 1.165) is 19.3 Å². The molecule has 0 bridgehead atoms. The second-order valence-corrected chi connectivity index (χ2v) is 5.83. The van der Waals surface area contributed by atoms with Crippen LogP contribution in [-0.4, -0.2) is 37.0 Å². The van der Waals surface area contributed by atoms with Gasteiger partial charge >= 0.3 is 0 Å². The van der Waals surface area contributed by atoms with E-state index in [9.17, 15) is 0 Å². The van der Waals surface area contributed by atoms with Crippen molar-refractivity contribution >= 4 is 0 Å². The van der Waals surface area contributed by atoms with Crippen LogP contribution in [0.4, 0.5) is 0 Å². The van der Waals surface area contributed by atoms with Crippen LogP contribution in [0.2, 0.25) is 0 Å². The topological polar surface area (TPSA) is 83.4 Å². The second-order valence-electron chi connectivity index (χ2n) is 5.83. The van der Waals surface area contributed by atoms with Crippen LogP contribution >= 0.6 is 0 Å². The maximum atomic E-state index is 5.91. The minimum absolute atomic E-state index is 0.128. The van der Waals surface area contributed by atoms with Crippen molar-refractivity contribution in [2.24, 2.45) is 11.7 Å². The fourth-order valence-electron chi connectivity index (χ4n) is 3.00. The molecule has 0 aromatic carbocycles. The number of nitrogens with two attached hydrogens (primary N) is 1. The van der Waals surface area contributed by atoms with Crippen LogP contribution in [0.25, 0.3) is 0 Å². The number of methoxy groups -OCH3 is 2. The number of ether oxygens (including phenoxy) is 2. The zero-order valence-corrected chi connectivity index (χ0v) is 12.6. The first kappa shape index (κ1) is 15.4. The first-order valence-electron chi connectivity index (χ1n) is 7.22. The first-order chi connectivity index (χ1) is 9.59. The Bertz CT molecular complexity index is 424. The standard InChI is InChI=1S/C14H25N3O3/c1-10-5-4-6-14(8-10,19-3)13-16-12(20-17-13)7-11(15)9-18-2/h10-11H,4-9,15H2,1-3H3. The number of nitrogens with zero attached hydrogens (tertiary/aromatic N) is 2. The summed E-state index contributed by atoms with van der Waals surface area (Å²) in [4.78, 5) is 4.50. The average molecular weight is 283 g/mol. The van der Waals surface area contributed by atoms with Gasteiger partial charge < -0.3 is 19.7 Å². The molecular weight excluding hydrogens is 258 g/mol. The average Bonchev–Trinajstić information content (AvgIpc) is 2.88. The van der Waals surface area contributed by atoms with Crippen LogP contribution in [0, 0.1) is 5.92 Å². The predicted molar refractivity (Wildman–Crippen MR) is 74.2 cm³/mol. The Hall–Kier alpha value is -0.980. The van der Waals surface area contributed by atoms with Crippen LogP contribution in [0.1, 0.15) is 44.3 Å². The van der Waals surface area contributed by atoms with Gasteiger partial charge in [0.25, 0.3) is 0 Å². The van der Waals surface area contributed by atoms with Gasteiger partial charge in [-0.2, -0.15) is 4.98 Å². The fourth-order valence-corrected chi connectivity index (χ4v) is 3.00. The van der Waals surface area contributed by atoms with E-state index in [1.165, 1.54) is 6.42 Å². The summed E-state index contributed by atoms with van der Waals surface area (Å²) in [5, 5.41) is 4.12. The summed E-state index contributed by atoms with van der Waals surface area (Å²) < 4.78 is 16.1. The Labute approximate surface area is 120 Å². The molecule has 1 fully saturated rings. The third-order valence-electron chi connectivity index (χ3n) is 4.04. The van der Waals surface area contributed by atoms with E-state index in [0.29, 0.717) is 30.7 Å². The van der Waals surface area contributed by atoms with Crippen molar-refractivity contribution in [3.63, 3.8) is 0 Å². The summed E-state index contributed by atoms with van der Waals surface area (Å²) in [5.41, 5.74) is 5.51. The molecule has 1 aliphatic rings. The maximum absolute atomic E-state index is 5.91. The van der Waals surface area contributed by atoms with E-state index in [-0.39, 0.29) is 6.04 Å². The number of aromatic nitrogens is 2. The summed E-state index contributed by atoms with van der Waals surface area (Å²) in [6.45, 7) is 2.71. The highest BCUT2D eigenvalue weighted by Crippen LogP contribution is 2.41. The van der Waals surface area contributed by atoms with Gasteiger partial charge in [-0.1, -0.05) is 18.5 Å². The lowest BCUT2D eigenvalue weighted by Crippen LogP contribution is -2.35. The van der Waals surface area contributed by atoms with Gasteiger partial charge in [-0.3, -0.25) is 0 Å². The van der Waals surface area contributed by atoms with Crippen molar-refractivity contribution in [2.45, 2.75) is 50.7 Å². The number of hydrogen-bond acceptors (Lipinski definition) is 6. The third-order valence-corrected chi connectivity index (χ3v) is 4.04. The Kier molecular flexibility index (Phi) is 5.12. The molecule has 0 aliphatic heterocycles. The number of rotatable bonds is 6. The van der Waals surface area contributed by atoms with Crippen molar-refractivity contribution in [1.29, 1.82) is 0 Å². The summed E-state index contributed by atoms with van der Waals surface area (Å²) >= 11 is 0. The minimum atomic E-state index is -0.398. The molecule has 0 radical (unpaired) electrons. The van der Waals surface area contributed by atoms with Gasteiger partial charge in [-0.15, -0.1) is 0 Å². The van der Waals surface area contributed by atoms with E-state index in [1.54, 1.807) is 14.2 Å². The van der Waals surface area contributed by atoms with Crippen LogP contribution in [-0.2, 0) is 21.5 Å². The molecule has 3 atom stereocenters. The molecule has 0 spiro atoms. The molecule has 3 unspecified atom stereocenters. The summed E-state index contributed by atoms with van der Waals surface area (Å²) in [5.74, 6) is 1.83. The molecule has 0 saturated heterocycles. The van der Waals surface area contributed by atoms with Gasteiger partial charge in [0.05, 0.1) is 6.61 Å². The van der Waals surface area contributed by atoms with Gasteiger partial charge in [-0.05, 0) is 25.2 Å². The summed E-state index contributed by atoms with van der Waals surface area (Å²) in [7, 11) is 3.35. The van der Waals surface area contributed by atoms with Crippen molar-refractivity contribution in [1.82, 2.24) is 10.1 Å². The van der Waals surface area contributed by atoms with E-state index < -0.39 is 5.60 Å². The molecule has 1 saturated carbocycles. The molecule has 1 aromatic rings. The van der Waals surface area contributed by atoms with Gasteiger partial charge in [0.1, 0.15) is 5.60 Å². The van der Waals surface area contributed by atoms with Crippen molar-refractivity contribution < 1.29 is 14.0 Å². The Balaban J connectivity index is 2.09. The smallest absolute Gasteiger partial charge is 0.228 e. The maximum Gasteiger partial charge on any atom is 0.228 e. The van der Waals surface area contributed by atoms with Gasteiger partial charge in [0.2, 0.25) is 11.7 Å². The Morgan fingerprint density at radius 3 is 2.95 bits per heavy atom. The van der Waals surface area contributed by atoms with Crippen molar-refractivity contribution in [2.75, 3.05) is 20.8 Å². The van der Waals surface area contributed by atoms with Gasteiger partial charge in [-0.25, -0.2) is 0 Å². The van der Waals surface area contributed by atoms with Crippen LogP contribution in [0.5, 0.6) is 0 Å². The lowest BCUT2D eigenvalue weighted by Gasteiger charge is -2.36. The summed E-state index contributed by atoms with van der Waals surface area (Å²) in [6.07, 6.45) is 4.76. The van der Waals surface area contributed by atoms with E-state index >= 15 is 0 Å². The van der Waals surface area contributed by atoms with Crippen LogP contribution < -0.4 is 5.73 Å². The molecule has 6 heteroatoms. The largest absolute Gasteiger partial charge is 0.383 e. The molecule has 0 amide bonds. The Morgan fingerprint density at radius 1 is 1.50 bits per heavy atom. The Morgan fingerprint density at radius 2 is 2.30 bits per heavy atom. The van der Waals surface area contributed by atoms with Crippen molar-refractivity contribution in [3.8, 4) is 0 Å². The van der Waals surface area contributed by atoms with Crippen molar-refractivity contribution in [3.05, 3.63) is 11.7 Å². The lowest BCUT2D eigenvalue weighted by molar-refractivity contribution is -0.0658. The SMILES string of the molecule is COCC(N)Cc1nc(C2(OC)CCCC(C)C2)no1.